The van der Waals surface area contributed by atoms with Crippen LogP contribution in [0.25, 0.3) is 0 Å². The molecule has 19 heavy (non-hydrogen) atoms. The SMILES string of the molecule is O=S(=O)([O-])c1cc(S(=O)(=O)[O-])cc(S(=O)(=O)[O-])c1.[Ag+3]. The second kappa shape index (κ2) is 5.59. The van der Waals surface area contributed by atoms with Crippen molar-refractivity contribution in [1.82, 2.24) is 0 Å². The third kappa shape index (κ3) is 4.94. The molecule has 0 amide bonds. The summed E-state index contributed by atoms with van der Waals surface area (Å²) < 4.78 is 95.8. The molecule has 0 heterocycles. The van der Waals surface area contributed by atoms with Crippen LogP contribution in [0.4, 0.5) is 0 Å². The minimum atomic E-state index is -5.23. The van der Waals surface area contributed by atoms with Crippen molar-refractivity contribution in [2.45, 2.75) is 14.7 Å². The van der Waals surface area contributed by atoms with Crippen molar-refractivity contribution in [3.05, 3.63) is 18.2 Å². The molecule has 1 aromatic rings. The molecule has 9 nitrogen and oxygen atoms in total. The average Bonchev–Trinajstić information content (AvgIpc) is 2.13. The van der Waals surface area contributed by atoms with Gasteiger partial charge in [0.25, 0.3) is 0 Å². The molecule has 0 aliphatic carbocycles. The summed E-state index contributed by atoms with van der Waals surface area (Å²) in [5.74, 6) is 0. The van der Waals surface area contributed by atoms with Gasteiger partial charge >= 0.3 is 22.4 Å². The van der Waals surface area contributed by atoms with Crippen molar-refractivity contribution in [1.29, 1.82) is 0 Å². The van der Waals surface area contributed by atoms with Gasteiger partial charge in [0.1, 0.15) is 30.4 Å². The fourth-order valence-electron chi connectivity index (χ4n) is 0.979. The van der Waals surface area contributed by atoms with E-state index in [1.165, 1.54) is 0 Å². The Morgan fingerprint density at radius 1 is 0.579 bits per heavy atom. The van der Waals surface area contributed by atoms with Crippen LogP contribution < -0.4 is 0 Å². The number of rotatable bonds is 3. The summed E-state index contributed by atoms with van der Waals surface area (Å²) in [6.07, 6.45) is 0. The standard InChI is InChI=1S/C6H6O9S3.Ag/c7-16(8,9)4-1-5(17(10,11)12)3-6(2-4)18(13,14)15;/h1-3H,(H,7,8,9)(H,10,11,12)(H,13,14,15);/q;+3/p-3. The van der Waals surface area contributed by atoms with Gasteiger partial charge in [0, 0.05) is 0 Å². The van der Waals surface area contributed by atoms with E-state index in [-0.39, 0.29) is 40.6 Å². The molecule has 0 N–H and O–H groups in total. The van der Waals surface area contributed by atoms with Crippen LogP contribution in [0.1, 0.15) is 0 Å². The maximum Gasteiger partial charge on any atom is 3.00 e. The fraction of sp³-hybridized carbons (Fsp3) is 0. The van der Waals surface area contributed by atoms with Gasteiger partial charge in [-0.05, 0) is 18.2 Å². The summed E-state index contributed by atoms with van der Waals surface area (Å²) in [4.78, 5) is -3.89. The Bertz CT molecular complexity index is 669. The van der Waals surface area contributed by atoms with Crippen molar-refractivity contribution in [3.63, 3.8) is 0 Å². The summed E-state index contributed by atoms with van der Waals surface area (Å²) in [6, 6.07) is 0.540. The molecule has 0 aliphatic heterocycles. The molecule has 0 unspecified atom stereocenters. The van der Waals surface area contributed by atoms with Gasteiger partial charge in [-0.15, -0.1) is 0 Å². The van der Waals surface area contributed by atoms with Crippen LogP contribution in [0.5, 0.6) is 0 Å². The molecule has 0 fully saturated rings. The Hall–Kier alpha value is -0.310. The summed E-state index contributed by atoms with van der Waals surface area (Å²) in [7, 11) is -15.7. The Kier molecular flexibility index (Phi) is 5.50. The maximum absolute atomic E-state index is 10.6. The van der Waals surface area contributed by atoms with Crippen molar-refractivity contribution < 1.29 is 61.3 Å². The quantitative estimate of drug-likeness (QED) is 0.410. The summed E-state index contributed by atoms with van der Waals surface area (Å²) in [5, 5.41) is 0. The van der Waals surface area contributed by atoms with Gasteiger partial charge < -0.3 is 13.7 Å². The van der Waals surface area contributed by atoms with E-state index in [9.17, 15) is 38.9 Å². The van der Waals surface area contributed by atoms with Gasteiger partial charge in [0.15, 0.2) is 0 Å². The smallest absolute Gasteiger partial charge is 0.744 e. The van der Waals surface area contributed by atoms with Crippen molar-refractivity contribution in [3.8, 4) is 0 Å². The topological polar surface area (TPSA) is 172 Å². The predicted molar refractivity (Wildman–Crippen MR) is 50.3 cm³/mol. The Morgan fingerprint density at radius 3 is 0.842 bits per heavy atom. The van der Waals surface area contributed by atoms with E-state index < -0.39 is 45.0 Å². The minimum Gasteiger partial charge on any atom is -0.744 e. The van der Waals surface area contributed by atoms with Crippen LogP contribution in [-0.2, 0) is 52.7 Å². The molecular formula is C6H3AgO9S3. The molecule has 0 bridgehead atoms. The maximum atomic E-state index is 10.6. The van der Waals surface area contributed by atoms with Gasteiger partial charge in [-0.25, -0.2) is 25.3 Å². The third-order valence-electron chi connectivity index (χ3n) is 1.72. The zero-order valence-corrected chi connectivity index (χ0v) is 12.4. The Labute approximate surface area is 124 Å². The Balaban J connectivity index is 0.00000324. The molecular weight excluding hydrogens is 420 g/mol. The van der Waals surface area contributed by atoms with E-state index >= 15 is 0 Å². The van der Waals surface area contributed by atoms with E-state index in [1.807, 2.05) is 0 Å². The second-order valence-electron chi connectivity index (χ2n) is 3.00. The normalized spacial score (nSPS) is 12.8. The summed E-state index contributed by atoms with van der Waals surface area (Å²) in [5.41, 5.74) is 0. The van der Waals surface area contributed by atoms with Crippen LogP contribution >= 0.6 is 0 Å². The first-order valence-electron chi connectivity index (χ1n) is 3.84. The predicted octanol–water partition coefficient (Wildman–Crippen LogP) is -1.60. The molecule has 0 saturated heterocycles. The van der Waals surface area contributed by atoms with E-state index in [1.54, 1.807) is 0 Å². The van der Waals surface area contributed by atoms with Crippen LogP contribution in [0.3, 0.4) is 0 Å². The monoisotopic (exact) mass is 422 g/mol. The van der Waals surface area contributed by atoms with Crippen molar-refractivity contribution in [2.24, 2.45) is 0 Å². The number of hydrogen-bond acceptors (Lipinski definition) is 9. The zero-order chi connectivity index (χ0) is 14.4. The van der Waals surface area contributed by atoms with Gasteiger partial charge in [-0.1, -0.05) is 0 Å². The molecule has 0 aromatic heterocycles. The molecule has 13 heteroatoms. The van der Waals surface area contributed by atoms with Crippen molar-refractivity contribution in [2.75, 3.05) is 0 Å². The number of benzene rings is 1. The van der Waals surface area contributed by atoms with E-state index in [0.29, 0.717) is 0 Å². The molecule has 1 rings (SSSR count). The first-order chi connectivity index (χ1) is 7.82. The molecule has 0 radical (unpaired) electrons. The van der Waals surface area contributed by atoms with Gasteiger partial charge in [0.2, 0.25) is 0 Å². The molecule has 0 saturated carbocycles. The summed E-state index contributed by atoms with van der Waals surface area (Å²) in [6.45, 7) is 0. The summed E-state index contributed by atoms with van der Waals surface area (Å²) >= 11 is 0. The van der Waals surface area contributed by atoms with E-state index in [0.717, 1.165) is 0 Å². The molecule has 110 valence electrons. The first-order valence-corrected chi connectivity index (χ1v) is 8.07. The van der Waals surface area contributed by atoms with Gasteiger partial charge in [0.05, 0.1) is 14.7 Å². The molecule has 0 spiro atoms. The minimum absolute atomic E-state index is 0. The van der Waals surface area contributed by atoms with Crippen LogP contribution in [0.15, 0.2) is 32.9 Å². The molecule has 0 aliphatic rings. The van der Waals surface area contributed by atoms with Gasteiger partial charge in [-0.2, -0.15) is 0 Å². The largest absolute Gasteiger partial charge is 3.00 e. The fourth-order valence-corrected chi connectivity index (χ4v) is 2.83. The van der Waals surface area contributed by atoms with Crippen LogP contribution in [-0.4, -0.2) is 38.9 Å². The third-order valence-corrected chi connectivity index (χ3v) is 4.16. The molecule has 1 aromatic carbocycles. The van der Waals surface area contributed by atoms with Crippen LogP contribution in [0.2, 0.25) is 0 Å². The average molecular weight is 423 g/mol. The Morgan fingerprint density at radius 2 is 0.737 bits per heavy atom. The van der Waals surface area contributed by atoms with E-state index in [4.69, 9.17) is 0 Å². The number of hydrogen-bond donors (Lipinski definition) is 0. The van der Waals surface area contributed by atoms with Crippen LogP contribution in [0, 0.1) is 0 Å². The second-order valence-corrected chi connectivity index (χ2v) is 7.14. The zero-order valence-electron chi connectivity index (χ0n) is 8.43. The molecule has 0 atom stereocenters. The van der Waals surface area contributed by atoms with Gasteiger partial charge in [-0.3, -0.25) is 0 Å². The van der Waals surface area contributed by atoms with Crippen molar-refractivity contribution >= 4 is 30.4 Å². The van der Waals surface area contributed by atoms with E-state index in [2.05, 4.69) is 0 Å². The first kappa shape index (κ1) is 18.7.